The lowest BCUT2D eigenvalue weighted by Crippen LogP contribution is -2.28. The Hall–Kier alpha value is -7.68. The Kier molecular flexibility index (Phi) is 6.68. The van der Waals surface area contributed by atoms with Crippen molar-refractivity contribution < 1.29 is 8.83 Å². The molecule has 2 aromatic heterocycles. The van der Waals surface area contributed by atoms with Crippen molar-refractivity contribution in [3.63, 3.8) is 0 Å². The van der Waals surface area contributed by atoms with Crippen molar-refractivity contribution in [3.8, 4) is 33.4 Å². The molecule has 10 aromatic carbocycles. The lowest BCUT2D eigenvalue weighted by Gasteiger charge is -2.34. The van der Waals surface area contributed by atoms with Crippen molar-refractivity contribution in [2.24, 2.45) is 0 Å². The Labute approximate surface area is 340 Å². The average molecular weight is 751 g/mol. The molecule has 0 unspecified atom stereocenters. The van der Waals surface area contributed by atoms with Crippen molar-refractivity contribution >= 4 is 65.4 Å². The normalized spacial score (nSPS) is 13.2. The zero-order valence-corrected chi connectivity index (χ0v) is 31.9. The molecule has 0 saturated carbocycles. The highest BCUT2D eigenvalue weighted by Crippen LogP contribution is 2.60. The number of para-hydroxylation sites is 1. The highest BCUT2D eigenvalue weighted by Gasteiger charge is 2.47. The number of benzene rings is 10. The quantitative estimate of drug-likeness (QED) is 0.179. The monoisotopic (exact) mass is 750 g/mol. The van der Waals surface area contributed by atoms with Crippen LogP contribution in [0.2, 0.25) is 0 Å². The summed E-state index contributed by atoms with van der Waals surface area (Å²) in [6, 6.07) is 75.4. The summed E-state index contributed by atoms with van der Waals surface area (Å²) < 4.78 is 13.2. The molecular formula is C57H34O2. The summed E-state index contributed by atoms with van der Waals surface area (Å²) in [5, 5.41) is 9.30. The third-order valence-electron chi connectivity index (χ3n) is 12.9. The topological polar surface area (TPSA) is 26.3 Å². The summed E-state index contributed by atoms with van der Waals surface area (Å²) in [4.78, 5) is 0. The van der Waals surface area contributed by atoms with Crippen LogP contribution in [-0.2, 0) is 5.41 Å². The van der Waals surface area contributed by atoms with Gasteiger partial charge in [-0.2, -0.15) is 0 Å². The van der Waals surface area contributed by atoms with Crippen LogP contribution in [0.15, 0.2) is 215 Å². The minimum atomic E-state index is -0.617. The molecule has 0 bridgehead atoms. The van der Waals surface area contributed by atoms with E-state index in [9.17, 15) is 0 Å². The van der Waals surface area contributed by atoms with Gasteiger partial charge in [0.05, 0.1) is 5.41 Å². The van der Waals surface area contributed by atoms with E-state index in [4.69, 9.17) is 8.83 Å². The van der Waals surface area contributed by atoms with E-state index in [1.165, 1.54) is 60.5 Å². The van der Waals surface area contributed by atoms with Crippen molar-refractivity contribution in [2.75, 3.05) is 0 Å². The summed E-state index contributed by atoms with van der Waals surface area (Å²) in [6.07, 6.45) is 0. The van der Waals surface area contributed by atoms with Crippen LogP contribution in [0.3, 0.4) is 0 Å². The third kappa shape index (κ3) is 4.57. The van der Waals surface area contributed by atoms with E-state index in [-0.39, 0.29) is 0 Å². The molecule has 2 heteroatoms. The Morgan fingerprint density at radius 2 is 0.898 bits per heavy atom. The molecule has 12 aromatic rings. The molecule has 1 aliphatic rings. The molecular weight excluding hydrogens is 717 g/mol. The van der Waals surface area contributed by atoms with Gasteiger partial charge in [0.1, 0.15) is 22.3 Å². The van der Waals surface area contributed by atoms with Gasteiger partial charge in [0, 0.05) is 21.5 Å². The first kappa shape index (κ1) is 32.4. The fourth-order valence-corrected chi connectivity index (χ4v) is 10.3. The maximum absolute atomic E-state index is 6.67. The van der Waals surface area contributed by atoms with Crippen LogP contribution < -0.4 is 0 Å². The van der Waals surface area contributed by atoms with Gasteiger partial charge in [-0.15, -0.1) is 0 Å². The fourth-order valence-electron chi connectivity index (χ4n) is 10.3. The summed E-state index contributed by atoms with van der Waals surface area (Å²) in [5.41, 5.74) is 15.0. The highest BCUT2D eigenvalue weighted by molar-refractivity contribution is 6.16. The Morgan fingerprint density at radius 1 is 0.305 bits per heavy atom. The third-order valence-corrected chi connectivity index (χ3v) is 12.9. The molecule has 0 radical (unpaired) electrons. The van der Waals surface area contributed by atoms with E-state index in [0.29, 0.717) is 0 Å². The first-order valence-electron chi connectivity index (χ1n) is 20.3. The fraction of sp³-hybridized carbons (Fsp3) is 0.0175. The van der Waals surface area contributed by atoms with Gasteiger partial charge in [-0.25, -0.2) is 0 Å². The molecule has 0 N–H and O–H groups in total. The lowest BCUT2D eigenvalue weighted by molar-refractivity contribution is 0.669. The molecule has 0 aliphatic heterocycles. The highest BCUT2D eigenvalue weighted by atomic mass is 16.3. The standard InChI is InChI=1S/C57H34O2/c1-3-18-41(19-4-1)57(42-20-5-2-6-21-42)49-31-37-16-9-7-14-35(37)28-47(49)55-46(39-26-27-45-44-22-11-12-24-51(44)58-53(45)34-39)30-40(32-50(55)57)43-23-13-25-52-56(43)48-29-36-15-8-10-17-38(36)33-54(48)59-52/h1-34H. The van der Waals surface area contributed by atoms with Crippen molar-refractivity contribution in [1.82, 2.24) is 0 Å². The molecule has 0 amide bonds. The van der Waals surface area contributed by atoms with Crippen LogP contribution >= 0.6 is 0 Å². The second kappa shape index (κ2) is 12.2. The molecule has 13 rings (SSSR count). The first-order valence-corrected chi connectivity index (χ1v) is 20.3. The van der Waals surface area contributed by atoms with E-state index in [0.717, 1.165) is 60.6 Å². The van der Waals surface area contributed by atoms with Gasteiger partial charge in [-0.05, 0) is 138 Å². The number of furan rings is 2. The minimum absolute atomic E-state index is 0.617. The maximum Gasteiger partial charge on any atom is 0.136 e. The second-order valence-corrected chi connectivity index (χ2v) is 16.0. The molecule has 0 fully saturated rings. The maximum atomic E-state index is 6.67. The number of rotatable bonds is 4. The van der Waals surface area contributed by atoms with Gasteiger partial charge >= 0.3 is 0 Å². The molecule has 0 saturated heterocycles. The number of hydrogen-bond donors (Lipinski definition) is 0. The van der Waals surface area contributed by atoms with E-state index in [1.807, 2.05) is 6.07 Å². The molecule has 274 valence electrons. The molecule has 0 atom stereocenters. The van der Waals surface area contributed by atoms with Gasteiger partial charge in [0.25, 0.3) is 0 Å². The zero-order chi connectivity index (χ0) is 38.7. The van der Waals surface area contributed by atoms with Crippen LogP contribution in [-0.4, -0.2) is 0 Å². The van der Waals surface area contributed by atoms with E-state index < -0.39 is 5.41 Å². The van der Waals surface area contributed by atoms with E-state index in [1.54, 1.807) is 0 Å². The van der Waals surface area contributed by atoms with E-state index in [2.05, 4.69) is 200 Å². The molecule has 59 heavy (non-hydrogen) atoms. The number of fused-ring (bicyclic) bond motifs is 11. The van der Waals surface area contributed by atoms with Crippen molar-refractivity contribution in [1.29, 1.82) is 0 Å². The van der Waals surface area contributed by atoms with Crippen LogP contribution in [0.1, 0.15) is 22.3 Å². The summed E-state index contributed by atoms with van der Waals surface area (Å²) in [6.45, 7) is 0. The minimum Gasteiger partial charge on any atom is -0.456 e. The Morgan fingerprint density at radius 3 is 1.66 bits per heavy atom. The number of hydrogen-bond acceptors (Lipinski definition) is 2. The Balaban J connectivity index is 1.20. The van der Waals surface area contributed by atoms with Gasteiger partial charge in [-0.3, -0.25) is 0 Å². The predicted molar refractivity (Wildman–Crippen MR) is 244 cm³/mol. The predicted octanol–water partition coefficient (Wildman–Crippen LogP) is 15.5. The average Bonchev–Trinajstić information content (AvgIpc) is 3.95. The smallest absolute Gasteiger partial charge is 0.136 e. The molecule has 2 heterocycles. The Bertz CT molecular complexity index is 3620. The van der Waals surface area contributed by atoms with E-state index >= 15 is 0 Å². The summed E-state index contributed by atoms with van der Waals surface area (Å²) in [7, 11) is 0. The molecule has 2 nitrogen and oxygen atoms in total. The zero-order valence-electron chi connectivity index (χ0n) is 31.9. The second-order valence-electron chi connectivity index (χ2n) is 16.0. The SMILES string of the molecule is c1ccc(C2(c3ccccc3)c3cc4ccccc4cc3-c3c(-c4ccc5c(c4)oc4ccccc45)cc(-c4cccc5oc6cc7ccccc7cc6c45)cc32)cc1. The van der Waals surface area contributed by atoms with Crippen LogP contribution in [0, 0.1) is 0 Å². The van der Waals surface area contributed by atoms with Crippen molar-refractivity contribution in [2.45, 2.75) is 5.41 Å². The van der Waals surface area contributed by atoms with Crippen LogP contribution in [0.5, 0.6) is 0 Å². The molecule has 0 spiro atoms. The van der Waals surface area contributed by atoms with Gasteiger partial charge < -0.3 is 8.83 Å². The summed E-state index contributed by atoms with van der Waals surface area (Å²) >= 11 is 0. The summed E-state index contributed by atoms with van der Waals surface area (Å²) in [5.74, 6) is 0. The lowest BCUT2D eigenvalue weighted by atomic mass is 9.67. The van der Waals surface area contributed by atoms with Gasteiger partial charge in [0.2, 0.25) is 0 Å². The largest absolute Gasteiger partial charge is 0.456 e. The molecule has 1 aliphatic carbocycles. The van der Waals surface area contributed by atoms with Gasteiger partial charge in [-0.1, -0.05) is 146 Å². The van der Waals surface area contributed by atoms with Crippen LogP contribution in [0.25, 0.3) is 98.8 Å². The van der Waals surface area contributed by atoms with Gasteiger partial charge in [0.15, 0.2) is 0 Å². The first-order chi connectivity index (χ1) is 29.2. The van der Waals surface area contributed by atoms with Crippen LogP contribution in [0.4, 0.5) is 0 Å². The van der Waals surface area contributed by atoms with Crippen molar-refractivity contribution in [3.05, 3.63) is 229 Å².